The van der Waals surface area contributed by atoms with Crippen LogP contribution in [0.4, 0.5) is 0 Å². The molecule has 0 unspecified atom stereocenters. The minimum atomic E-state index is -0.0529. The Labute approximate surface area is 90.8 Å². The fourth-order valence-electron chi connectivity index (χ4n) is 1.44. The summed E-state index contributed by atoms with van der Waals surface area (Å²) >= 11 is 0. The molecule has 0 heterocycles. The molecule has 0 amide bonds. The summed E-state index contributed by atoms with van der Waals surface area (Å²) in [6.07, 6.45) is 3.58. The third kappa shape index (κ3) is 3.80. The molecular weight excluding hydrogens is 190 g/mol. The van der Waals surface area contributed by atoms with E-state index in [4.69, 9.17) is 0 Å². The van der Waals surface area contributed by atoms with E-state index in [0.29, 0.717) is 6.54 Å². The van der Waals surface area contributed by atoms with Crippen molar-refractivity contribution in [2.45, 2.75) is 32.7 Å². The molecule has 1 aromatic carbocycles. The summed E-state index contributed by atoms with van der Waals surface area (Å²) in [7, 11) is 0. The monoisotopic (exact) mass is 209 g/mol. The zero-order valence-electron chi connectivity index (χ0n) is 9.16. The smallest absolute Gasteiger partial charge is 0.161 e. The quantitative estimate of drug-likeness (QED) is 0.498. The lowest BCUT2D eigenvalue weighted by Crippen LogP contribution is -2.14. The van der Waals surface area contributed by atoms with Crippen molar-refractivity contribution < 1.29 is 10.2 Å². The van der Waals surface area contributed by atoms with E-state index in [1.165, 1.54) is 18.9 Å². The number of hydrogen-bond donors (Lipinski definition) is 3. The molecular formula is C12H19NO2. The summed E-state index contributed by atoms with van der Waals surface area (Å²) in [6.45, 7) is 3.72. The highest BCUT2D eigenvalue weighted by molar-refractivity contribution is 5.44. The van der Waals surface area contributed by atoms with E-state index >= 15 is 0 Å². The van der Waals surface area contributed by atoms with Crippen molar-refractivity contribution in [3.63, 3.8) is 0 Å². The van der Waals surface area contributed by atoms with Crippen molar-refractivity contribution in [3.8, 4) is 11.5 Å². The van der Waals surface area contributed by atoms with Crippen LogP contribution < -0.4 is 5.32 Å². The minimum Gasteiger partial charge on any atom is -0.504 e. The molecule has 3 N–H and O–H groups in total. The molecule has 0 aromatic heterocycles. The Hall–Kier alpha value is -1.22. The third-order valence-corrected chi connectivity index (χ3v) is 2.37. The van der Waals surface area contributed by atoms with Crippen LogP contribution in [0, 0.1) is 0 Å². The first-order valence-corrected chi connectivity index (χ1v) is 5.46. The van der Waals surface area contributed by atoms with Gasteiger partial charge in [0.2, 0.25) is 0 Å². The third-order valence-electron chi connectivity index (χ3n) is 2.37. The van der Waals surface area contributed by atoms with E-state index in [0.717, 1.165) is 18.5 Å². The number of nitrogens with one attached hydrogen (secondary N) is 1. The lowest BCUT2D eigenvalue weighted by atomic mass is 10.2. The van der Waals surface area contributed by atoms with E-state index in [2.05, 4.69) is 12.2 Å². The molecule has 0 atom stereocenters. The summed E-state index contributed by atoms with van der Waals surface area (Å²) in [4.78, 5) is 0. The lowest BCUT2D eigenvalue weighted by molar-refractivity contribution is 0.397. The zero-order valence-corrected chi connectivity index (χ0v) is 9.16. The Balaban J connectivity index is 2.34. The Morgan fingerprint density at radius 1 is 1.20 bits per heavy atom. The van der Waals surface area contributed by atoms with Gasteiger partial charge in [-0.3, -0.25) is 0 Å². The first-order chi connectivity index (χ1) is 7.25. The van der Waals surface area contributed by atoms with Gasteiger partial charge < -0.3 is 15.5 Å². The SMILES string of the molecule is CCCCCNCc1cccc(O)c1O. The molecule has 0 radical (unpaired) electrons. The van der Waals surface area contributed by atoms with Gasteiger partial charge >= 0.3 is 0 Å². The molecule has 3 nitrogen and oxygen atoms in total. The molecule has 3 heteroatoms. The van der Waals surface area contributed by atoms with Crippen LogP contribution in [0.25, 0.3) is 0 Å². The largest absolute Gasteiger partial charge is 0.504 e. The summed E-state index contributed by atoms with van der Waals surface area (Å²) in [5.74, 6) is -0.0663. The topological polar surface area (TPSA) is 52.5 Å². The number of phenolic OH excluding ortho intramolecular Hbond substituents is 2. The summed E-state index contributed by atoms with van der Waals surface area (Å²) in [6, 6.07) is 5.02. The van der Waals surface area contributed by atoms with Crippen molar-refractivity contribution in [3.05, 3.63) is 23.8 Å². The number of phenols is 2. The van der Waals surface area contributed by atoms with Gasteiger partial charge in [0.15, 0.2) is 11.5 Å². The van der Waals surface area contributed by atoms with Crippen LogP contribution in [0.15, 0.2) is 18.2 Å². The Morgan fingerprint density at radius 2 is 2.00 bits per heavy atom. The first-order valence-electron chi connectivity index (χ1n) is 5.46. The lowest BCUT2D eigenvalue weighted by Gasteiger charge is -2.07. The van der Waals surface area contributed by atoms with Crippen LogP contribution in [0.2, 0.25) is 0 Å². The van der Waals surface area contributed by atoms with Gasteiger partial charge in [0.1, 0.15) is 0 Å². The Kier molecular flexibility index (Phi) is 4.98. The molecule has 1 aromatic rings. The standard InChI is InChI=1S/C12H19NO2/c1-2-3-4-8-13-9-10-6-5-7-11(14)12(10)15/h5-7,13-15H,2-4,8-9H2,1H3. The maximum Gasteiger partial charge on any atom is 0.161 e. The van der Waals surface area contributed by atoms with E-state index in [1.54, 1.807) is 6.07 Å². The maximum atomic E-state index is 9.51. The number of para-hydroxylation sites is 1. The van der Waals surface area contributed by atoms with Crippen LogP contribution in [-0.2, 0) is 6.54 Å². The van der Waals surface area contributed by atoms with Crippen molar-refractivity contribution in [2.24, 2.45) is 0 Å². The molecule has 1 rings (SSSR count). The van der Waals surface area contributed by atoms with Gasteiger partial charge in [0.25, 0.3) is 0 Å². The fourth-order valence-corrected chi connectivity index (χ4v) is 1.44. The molecule has 0 saturated carbocycles. The van der Waals surface area contributed by atoms with E-state index < -0.39 is 0 Å². The number of benzene rings is 1. The highest BCUT2D eigenvalue weighted by Gasteiger charge is 2.04. The summed E-state index contributed by atoms with van der Waals surface area (Å²) in [5.41, 5.74) is 0.742. The van der Waals surface area contributed by atoms with Gasteiger partial charge in [-0.15, -0.1) is 0 Å². The van der Waals surface area contributed by atoms with Crippen LogP contribution in [0.3, 0.4) is 0 Å². The van der Waals surface area contributed by atoms with Gasteiger partial charge in [-0.2, -0.15) is 0 Å². The highest BCUT2D eigenvalue weighted by atomic mass is 16.3. The first kappa shape index (κ1) is 11.9. The number of unbranched alkanes of at least 4 members (excludes halogenated alkanes) is 2. The highest BCUT2D eigenvalue weighted by Crippen LogP contribution is 2.27. The Morgan fingerprint density at radius 3 is 2.73 bits per heavy atom. The van der Waals surface area contributed by atoms with E-state index in [9.17, 15) is 10.2 Å². The van der Waals surface area contributed by atoms with Crippen LogP contribution in [0.1, 0.15) is 31.7 Å². The predicted molar refractivity (Wildman–Crippen MR) is 61.0 cm³/mol. The molecule has 0 aliphatic rings. The molecule has 0 fully saturated rings. The maximum absolute atomic E-state index is 9.51. The second kappa shape index (κ2) is 6.30. The van der Waals surface area contributed by atoms with E-state index in [1.807, 2.05) is 6.07 Å². The zero-order chi connectivity index (χ0) is 11.1. The van der Waals surface area contributed by atoms with Gasteiger partial charge in [-0.25, -0.2) is 0 Å². The van der Waals surface area contributed by atoms with E-state index in [-0.39, 0.29) is 11.5 Å². The normalized spacial score (nSPS) is 10.5. The van der Waals surface area contributed by atoms with Gasteiger partial charge in [0.05, 0.1) is 0 Å². The Bertz CT molecular complexity index is 300. The van der Waals surface area contributed by atoms with Crippen molar-refractivity contribution in [2.75, 3.05) is 6.54 Å². The second-order valence-electron chi connectivity index (χ2n) is 3.67. The minimum absolute atomic E-state index is 0.0134. The second-order valence-corrected chi connectivity index (χ2v) is 3.67. The molecule has 15 heavy (non-hydrogen) atoms. The van der Waals surface area contributed by atoms with Crippen molar-refractivity contribution in [1.29, 1.82) is 0 Å². The molecule has 0 spiro atoms. The number of rotatable bonds is 6. The molecule has 0 saturated heterocycles. The average Bonchev–Trinajstić information content (AvgIpc) is 2.24. The van der Waals surface area contributed by atoms with Crippen molar-refractivity contribution in [1.82, 2.24) is 5.32 Å². The molecule has 0 aliphatic heterocycles. The number of hydrogen-bond acceptors (Lipinski definition) is 3. The van der Waals surface area contributed by atoms with Gasteiger partial charge in [-0.05, 0) is 19.0 Å². The fraction of sp³-hybridized carbons (Fsp3) is 0.500. The molecule has 0 aliphatic carbocycles. The number of aromatic hydroxyl groups is 2. The summed E-state index contributed by atoms with van der Waals surface area (Å²) in [5, 5.41) is 22.0. The van der Waals surface area contributed by atoms with Gasteiger partial charge in [-0.1, -0.05) is 31.9 Å². The molecule has 84 valence electrons. The van der Waals surface area contributed by atoms with Gasteiger partial charge in [0, 0.05) is 12.1 Å². The average molecular weight is 209 g/mol. The van der Waals surface area contributed by atoms with Crippen LogP contribution >= 0.6 is 0 Å². The van der Waals surface area contributed by atoms with Crippen LogP contribution in [0.5, 0.6) is 11.5 Å². The summed E-state index contributed by atoms with van der Waals surface area (Å²) < 4.78 is 0. The molecule has 0 bridgehead atoms. The predicted octanol–water partition coefficient (Wildman–Crippen LogP) is 2.38. The van der Waals surface area contributed by atoms with Crippen molar-refractivity contribution >= 4 is 0 Å². The van der Waals surface area contributed by atoms with Crippen LogP contribution in [-0.4, -0.2) is 16.8 Å².